The van der Waals surface area contributed by atoms with Gasteiger partial charge in [-0.05, 0) is 51.6 Å². The van der Waals surface area contributed by atoms with Crippen molar-refractivity contribution in [2.24, 2.45) is 11.3 Å². The van der Waals surface area contributed by atoms with E-state index in [4.69, 9.17) is 4.74 Å². The summed E-state index contributed by atoms with van der Waals surface area (Å²) in [5, 5.41) is 3.17. The van der Waals surface area contributed by atoms with E-state index < -0.39 is 23.5 Å². The van der Waals surface area contributed by atoms with Gasteiger partial charge in [0.25, 0.3) is 0 Å². The molecule has 4 atom stereocenters. The van der Waals surface area contributed by atoms with Gasteiger partial charge in [0.2, 0.25) is 11.8 Å². The molecule has 2 rings (SSSR count). The number of carbonyl (C=O) groups excluding carboxylic acids is 3. The number of hydrogen-bond acceptors (Lipinski definition) is 6. The summed E-state index contributed by atoms with van der Waals surface area (Å²) < 4.78 is 4.77. The number of likely N-dealkylation sites (N-methyl/N-ethyl adjacent to an activating group) is 2. The second-order valence-corrected chi connectivity index (χ2v) is 13.8. The molecule has 1 aromatic rings. The fourth-order valence-corrected chi connectivity index (χ4v) is 6.58. The Hall–Kier alpha value is -2.32. The average molecular weight is 546 g/mol. The Morgan fingerprint density at radius 2 is 1.76 bits per heavy atom. The molecule has 0 aliphatic carbocycles. The van der Waals surface area contributed by atoms with Crippen molar-refractivity contribution in [3.63, 3.8) is 0 Å². The molecule has 8 heteroatoms. The Bertz CT molecular complexity index is 1020. The van der Waals surface area contributed by atoms with E-state index in [1.54, 1.807) is 43.6 Å². The van der Waals surface area contributed by atoms with Crippen LogP contribution in [-0.2, 0) is 19.1 Å². The van der Waals surface area contributed by atoms with Crippen LogP contribution >= 0.6 is 11.8 Å². The molecule has 38 heavy (non-hydrogen) atoms. The quantitative estimate of drug-likeness (QED) is 0.346. The van der Waals surface area contributed by atoms with Gasteiger partial charge in [0.15, 0.2) is 0 Å². The zero-order valence-corrected chi connectivity index (χ0v) is 25.8. The minimum atomic E-state index is -0.748. The molecular formula is C30H47N3O4S. The molecule has 0 radical (unpaired) electrons. The van der Waals surface area contributed by atoms with Crippen molar-refractivity contribution in [1.82, 2.24) is 15.1 Å². The fraction of sp³-hybridized carbons (Fsp3) is 0.633. The van der Waals surface area contributed by atoms with E-state index in [1.807, 2.05) is 59.9 Å². The number of ether oxygens (including phenoxy) is 1. The van der Waals surface area contributed by atoms with Gasteiger partial charge in [-0.3, -0.25) is 14.5 Å². The predicted octanol–water partition coefficient (Wildman–Crippen LogP) is 5.03. The number of nitrogens with one attached hydrogen (secondary N) is 1. The van der Waals surface area contributed by atoms with Crippen molar-refractivity contribution >= 4 is 29.5 Å². The first-order chi connectivity index (χ1) is 17.5. The third-order valence-electron chi connectivity index (χ3n) is 7.08. The number of thioether (sulfide) groups is 1. The van der Waals surface area contributed by atoms with E-state index in [9.17, 15) is 14.4 Å². The molecule has 1 fully saturated rings. The lowest BCUT2D eigenvalue weighted by Crippen LogP contribution is -2.60. The first-order valence-electron chi connectivity index (χ1n) is 13.4. The number of benzene rings is 1. The lowest BCUT2D eigenvalue weighted by Gasteiger charge is -2.39. The third-order valence-corrected chi connectivity index (χ3v) is 8.74. The van der Waals surface area contributed by atoms with Gasteiger partial charge in [0.05, 0.1) is 18.0 Å². The number of rotatable bonds is 9. The summed E-state index contributed by atoms with van der Waals surface area (Å²) in [5.74, 6) is -0.697. The largest absolute Gasteiger partial charge is 0.463 e. The maximum absolute atomic E-state index is 13.9. The molecule has 0 aromatic heterocycles. The van der Waals surface area contributed by atoms with Crippen molar-refractivity contribution in [1.29, 1.82) is 0 Å². The van der Waals surface area contributed by atoms with E-state index in [1.165, 1.54) is 0 Å². The minimum absolute atomic E-state index is 0.0368. The minimum Gasteiger partial charge on any atom is -0.463 e. The number of hydrogen-bond donors (Lipinski definition) is 1. The molecule has 0 spiro atoms. The second-order valence-electron chi connectivity index (χ2n) is 12.1. The van der Waals surface area contributed by atoms with Crippen molar-refractivity contribution in [2.45, 2.75) is 90.6 Å². The topological polar surface area (TPSA) is 79.0 Å². The summed E-state index contributed by atoms with van der Waals surface area (Å²) in [4.78, 5) is 43.8. The molecule has 1 N–H and O–H groups in total. The van der Waals surface area contributed by atoms with E-state index in [-0.39, 0.29) is 33.9 Å². The van der Waals surface area contributed by atoms with E-state index >= 15 is 0 Å². The summed E-state index contributed by atoms with van der Waals surface area (Å²) in [5.41, 5.74) is 1.07. The van der Waals surface area contributed by atoms with Crippen LogP contribution in [0, 0.1) is 11.3 Å². The zero-order valence-electron chi connectivity index (χ0n) is 25.0. The summed E-state index contributed by atoms with van der Waals surface area (Å²) in [6, 6.07) is 8.67. The number of esters is 1. The van der Waals surface area contributed by atoms with Gasteiger partial charge in [-0.15, -0.1) is 11.8 Å². The Kier molecular flexibility index (Phi) is 10.7. The van der Waals surface area contributed by atoms with Crippen LogP contribution in [0.2, 0.25) is 0 Å². The summed E-state index contributed by atoms with van der Waals surface area (Å²) in [6.45, 7) is 17.8. The molecule has 1 saturated heterocycles. The molecule has 212 valence electrons. The van der Waals surface area contributed by atoms with Crippen LogP contribution < -0.4 is 5.32 Å². The van der Waals surface area contributed by atoms with Crippen molar-refractivity contribution < 1.29 is 19.1 Å². The Labute approximate surface area is 233 Å². The second kappa shape index (κ2) is 12.7. The van der Waals surface area contributed by atoms with Crippen LogP contribution in [0.1, 0.15) is 73.3 Å². The predicted molar refractivity (Wildman–Crippen MR) is 156 cm³/mol. The third kappa shape index (κ3) is 7.41. The molecule has 0 unspecified atom stereocenters. The molecule has 7 nitrogen and oxygen atoms in total. The molecule has 1 aromatic carbocycles. The van der Waals surface area contributed by atoms with Crippen molar-refractivity contribution in [3.05, 3.63) is 47.5 Å². The highest BCUT2D eigenvalue weighted by molar-refractivity contribution is 8.01. The average Bonchev–Trinajstić information content (AvgIpc) is 3.07. The zero-order chi connectivity index (χ0) is 29.0. The molecular weight excluding hydrogens is 498 g/mol. The molecule has 1 heterocycles. The normalized spacial score (nSPS) is 21.6. The highest BCUT2D eigenvalue weighted by Gasteiger charge is 2.51. The number of carbonyl (C=O) groups is 3. The van der Waals surface area contributed by atoms with Gasteiger partial charge in [-0.25, -0.2) is 4.79 Å². The van der Waals surface area contributed by atoms with Crippen LogP contribution in [0.15, 0.2) is 42.0 Å². The molecule has 2 amide bonds. The Morgan fingerprint density at radius 3 is 2.26 bits per heavy atom. The van der Waals surface area contributed by atoms with Crippen LogP contribution in [0.3, 0.4) is 0 Å². The lowest BCUT2D eigenvalue weighted by molar-refractivity contribution is -0.141. The van der Waals surface area contributed by atoms with Crippen LogP contribution in [-0.4, -0.2) is 71.2 Å². The monoisotopic (exact) mass is 545 g/mol. The van der Waals surface area contributed by atoms with Gasteiger partial charge in [-0.1, -0.05) is 71.0 Å². The number of amides is 2. The van der Waals surface area contributed by atoms with Gasteiger partial charge in [-0.2, -0.15) is 0 Å². The SMILES string of the molecule is CCOC(=O)/C(C)=C/[C@H](C(C)C)N(C)C(=O)[C@@H](NC(=O)[C@@H]1N(C)[C@H](c2ccccc2)SC1(C)C)C(C)(C)C. The summed E-state index contributed by atoms with van der Waals surface area (Å²) in [6.07, 6.45) is 1.79. The molecule has 1 aliphatic rings. The molecule has 0 saturated carbocycles. The van der Waals surface area contributed by atoms with Gasteiger partial charge in [0, 0.05) is 17.4 Å². The highest BCUT2D eigenvalue weighted by Crippen LogP contribution is 2.51. The first kappa shape index (κ1) is 31.9. The number of nitrogens with zero attached hydrogens (tertiary/aromatic N) is 2. The van der Waals surface area contributed by atoms with E-state index in [2.05, 4.69) is 36.2 Å². The smallest absolute Gasteiger partial charge is 0.333 e. The van der Waals surface area contributed by atoms with Crippen molar-refractivity contribution in [2.75, 3.05) is 20.7 Å². The maximum Gasteiger partial charge on any atom is 0.333 e. The van der Waals surface area contributed by atoms with Crippen LogP contribution in [0.5, 0.6) is 0 Å². The van der Waals surface area contributed by atoms with Crippen molar-refractivity contribution in [3.8, 4) is 0 Å². The fourth-order valence-electron chi connectivity index (χ4n) is 5.02. The highest BCUT2D eigenvalue weighted by atomic mass is 32.2. The van der Waals surface area contributed by atoms with E-state index in [0.717, 1.165) is 5.56 Å². The van der Waals surface area contributed by atoms with Gasteiger partial charge >= 0.3 is 5.97 Å². The molecule has 0 bridgehead atoms. The van der Waals surface area contributed by atoms with E-state index in [0.29, 0.717) is 12.2 Å². The first-order valence-corrected chi connectivity index (χ1v) is 14.3. The van der Waals surface area contributed by atoms with Gasteiger partial charge in [0.1, 0.15) is 12.1 Å². The Balaban J connectivity index is 2.33. The van der Waals surface area contributed by atoms with Crippen LogP contribution in [0.4, 0.5) is 0 Å². The summed E-state index contributed by atoms with van der Waals surface area (Å²) >= 11 is 1.76. The maximum atomic E-state index is 13.9. The van der Waals surface area contributed by atoms with Gasteiger partial charge < -0.3 is 15.0 Å². The van der Waals surface area contributed by atoms with Crippen LogP contribution in [0.25, 0.3) is 0 Å². The molecule has 1 aliphatic heterocycles. The Morgan fingerprint density at radius 1 is 1.18 bits per heavy atom. The summed E-state index contributed by atoms with van der Waals surface area (Å²) in [7, 11) is 3.71. The standard InChI is InChI=1S/C30H47N3O4S/c1-12-37-28(36)20(4)18-22(19(2)3)32(10)26(35)23(29(5,6)7)31-25(34)24-30(8,9)38-27(33(24)11)21-16-14-13-15-17-21/h13-19,22-24,27H,12H2,1-11H3,(H,31,34)/b20-18+/t22-,23-,24+,27+/m1/s1. The lowest BCUT2D eigenvalue weighted by atomic mass is 9.84.